The zero-order valence-corrected chi connectivity index (χ0v) is 11.6. The Hall–Kier alpha value is -2.16. The highest BCUT2D eigenvalue weighted by Gasteiger charge is 2.12. The molecule has 3 aromatic rings. The third kappa shape index (κ3) is 1.90. The number of benzene rings is 2. The zero-order chi connectivity index (χ0) is 14.3. The van der Waals surface area contributed by atoms with Gasteiger partial charge in [0.15, 0.2) is 4.77 Å². The molecule has 20 heavy (non-hydrogen) atoms. The molecular weight excluding hydrogens is 297 g/mol. The van der Waals surface area contributed by atoms with E-state index in [9.17, 15) is 4.39 Å². The second kappa shape index (κ2) is 4.75. The maximum absolute atomic E-state index is 13.7. The second-order valence-electron chi connectivity index (χ2n) is 4.18. The number of aromatic nitrogens is 2. The van der Waals surface area contributed by atoms with Crippen molar-refractivity contribution < 1.29 is 4.39 Å². The van der Waals surface area contributed by atoms with E-state index in [0.717, 1.165) is 0 Å². The molecule has 1 aromatic heterocycles. The predicted molar refractivity (Wildman–Crippen MR) is 78.1 cm³/mol. The summed E-state index contributed by atoms with van der Waals surface area (Å²) in [5.41, 5.74) is 1.99. The molecule has 0 atom stereocenters. The van der Waals surface area contributed by atoms with Crippen LogP contribution in [0.5, 0.6) is 0 Å². The average molecular weight is 304 g/mol. The number of nitrogens with zero attached hydrogens (tertiary/aromatic N) is 2. The molecular formula is C14H7ClFN3S. The number of hydrogen-bond donors (Lipinski definition) is 1. The van der Waals surface area contributed by atoms with E-state index in [0.29, 0.717) is 32.1 Å². The van der Waals surface area contributed by atoms with E-state index in [4.69, 9.17) is 29.1 Å². The SMILES string of the molecule is N#Cc1ccc(-n2c(=S)[nH]c3c(F)cccc32)c(Cl)c1. The van der Waals surface area contributed by atoms with Gasteiger partial charge in [0.05, 0.1) is 27.9 Å². The minimum absolute atomic E-state index is 0.331. The van der Waals surface area contributed by atoms with Gasteiger partial charge in [0.1, 0.15) is 11.3 Å². The average Bonchev–Trinajstić information content (AvgIpc) is 2.77. The first-order valence-corrected chi connectivity index (χ1v) is 6.49. The van der Waals surface area contributed by atoms with E-state index in [-0.39, 0.29) is 5.82 Å². The first kappa shape index (κ1) is 12.9. The largest absolute Gasteiger partial charge is 0.328 e. The van der Waals surface area contributed by atoms with Gasteiger partial charge in [-0.25, -0.2) is 4.39 Å². The first-order chi connectivity index (χ1) is 9.61. The summed E-state index contributed by atoms with van der Waals surface area (Å²) >= 11 is 11.4. The molecule has 0 saturated carbocycles. The summed E-state index contributed by atoms with van der Waals surface area (Å²) in [4.78, 5) is 2.83. The van der Waals surface area contributed by atoms with Gasteiger partial charge in [-0.3, -0.25) is 4.57 Å². The van der Waals surface area contributed by atoms with E-state index in [1.165, 1.54) is 6.07 Å². The quantitative estimate of drug-likeness (QED) is 0.679. The summed E-state index contributed by atoms with van der Waals surface area (Å²) in [6.07, 6.45) is 0. The molecule has 0 aliphatic rings. The lowest BCUT2D eigenvalue weighted by molar-refractivity contribution is 0.637. The Bertz CT molecular complexity index is 920. The number of fused-ring (bicyclic) bond motifs is 1. The second-order valence-corrected chi connectivity index (χ2v) is 4.97. The fourth-order valence-corrected chi connectivity index (χ4v) is 2.66. The number of rotatable bonds is 1. The van der Waals surface area contributed by atoms with E-state index >= 15 is 0 Å². The molecule has 0 aliphatic heterocycles. The lowest BCUT2D eigenvalue weighted by Gasteiger charge is -2.07. The Morgan fingerprint density at radius 2 is 2.10 bits per heavy atom. The highest BCUT2D eigenvalue weighted by molar-refractivity contribution is 7.71. The molecule has 0 spiro atoms. The van der Waals surface area contributed by atoms with Gasteiger partial charge in [-0.05, 0) is 42.5 Å². The number of nitrogens with one attached hydrogen (secondary N) is 1. The van der Waals surface area contributed by atoms with E-state index in [2.05, 4.69) is 4.98 Å². The fraction of sp³-hybridized carbons (Fsp3) is 0. The van der Waals surface area contributed by atoms with Crippen molar-refractivity contribution in [3.05, 3.63) is 57.6 Å². The van der Waals surface area contributed by atoms with Crippen molar-refractivity contribution in [3.8, 4) is 11.8 Å². The van der Waals surface area contributed by atoms with Crippen LogP contribution in [0.2, 0.25) is 5.02 Å². The third-order valence-electron chi connectivity index (χ3n) is 2.99. The van der Waals surface area contributed by atoms with Crippen molar-refractivity contribution in [1.82, 2.24) is 9.55 Å². The molecule has 3 rings (SSSR count). The number of H-pyrrole nitrogens is 1. The van der Waals surface area contributed by atoms with Crippen LogP contribution in [-0.4, -0.2) is 9.55 Å². The minimum Gasteiger partial charge on any atom is -0.328 e. The van der Waals surface area contributed by atoms with Crippen LogP contribution in [0.1, 0.15) is 5.56 Å². The van der Waals surface area contributed by atoms with E-state index in [1.54, 1.807) is 34.9 Å². The molecule has 0 unspecified atom stereocenters. The topological polar surface area (TPSA) is 44.5 Å². The Balaban J connectivity index is 2.36. The van der Waals surface area contributed by atoms with Gasteiger partial charge in [-0.2, -0.15) is 5.26 Å². The lowest BCUT2D eigenvalue weighted by Crippen LogP contribution is -1.95. The maximum Gasteiger partial charge on any atom is 0.182 e. The number of para-hydroxylation sites is 1. The standard InChI is InChI=1S/C14H7ClFN3S/c15-9-6-8(7-17)4-5-11(9)19-12-3-1-2-10(16)13(12)18-14(19)20/h1-6H,(H,18,20). The predicted octanol–water partition coefficient (Wildman–Crippen LogP) is 4.35. The molecule has 0 bridgehead atoms. The van der Waals surface area contributed by atoms with Crippen LogP contribution >= 0.6 is 23.8 Å². The van der Waals surface area contributed by atoms with Gasteiger partial charge in [-0.1, -0.05) is 17.7 Å². The Labute approximate surface area is 123 Å². The molecule has 1 N–H and O–H groups in total. The summed E-state index contributed by atoms with van der Waals surface area (Å²) in [6.45, 7) is 0. The van der Waals surface area contributed by atoms with Gasteiger partial charge in [0.2, 0.25) is 0 Å². The van der Waals surface area contributed by atoms with E-state index in [1.807, 2.05) is 6.07 Å². The Morgan fingerprint density at radius 3 is 2.80 bits per heavy atom. The smallest absolute Gasteiger partial charge is 0.182 e. The molecule has 6 heteroatoms. The molecule has 3 nitrogen and oxygen atoms in total. The monoisotopic (exact) mass is 303 g/mol. The normalized spacial score (nSPS) is 10.7. The van der Waals surface area contributed by atoms with Crippen molar-refractivity contribution in [2.24, 2.45) is 0 Å². The van der Waals surface area contributed by atoms with Gasteiger partial charge in [0, 0.05) is 0 Å². The van der Waals surface area contributed by atoms with Crippen molar-refractivity contribution in [2.45, 2.75) is 0 Å². The minimum atomic E-state index is -0.378. The summed E-state index contributed by atoms with van der Waals surface area (Å²) in [5.74, 6) is -0.378. The van der Waals surface area contributed by atoms with Crippen molar-refractivity contribution in [1.29, 1.82) is 5.26 Å². The number of nitriles is 1. The highest BCUT2D eigenvalue weighted by Crippen LogP contribution is 2.27. The van der Waals surface area contributed by atoms with Gasteiger partial charge in [-0.15, -0.1) is 0 Å². The molecule has 1 heterocycles. The van der Waals surface area contributed by atoms with Crippen LogP contribution in [0.15, 0.2) is 36.4 Å². The van der Waals surface area contributed by atoms with Crippen LogP contribution in [0, 0.1) is 21.9 Å². The molecule has 0 saturated heterocycles. The van der Waals surface area contributed by atoms with Crippen molar-refractivity contribution in [2.75, 3.05) is 0 Å². The molecule has 98 valence electrons. The lowest BCUT2D eigenvalue weighted by atomic mass is 10.2. The van der Waals surface area contributed by atoms with Crippen LogP contribution in [0.25, 0.3) is 16.7 Å². The van der Waals surface area contributed by atoms with Crippen molar-refractivity contribution in [3.63, 3.8) is 0 Å². The van der Waals surface area contributed by atoms with Crippen LogP contribution < -0.4 is 0 Å². The Morgan fingerprint density at radius 1 is 1.30 bits per heavy atom. The Kier molecular flexibility index (Phi) is 3.05. The summed E-state index contributed by atoms with van der Waals surface area (Å²) in [6, 6.07) is 11.6. The van der Waals surface area contributed by atoms with Gasteiger partial charge < -0.3 is 4.98 Å². The number of hydrogen-bond acceptors (Lipinski definition) is 2. The number of halogens is 2. The molecule has 0 aliphatic carbocycles. The van der Waals surface area contributed by atoms with Crippen LogP contribution in [0.3, 0.4) is 0 Å². The van der Waals surface area contributed by atoms with Crippen molar-refractivity contribution >= 4 is 34.9 Å². The highest BCUT2D eigenvalue weighted by atomic mass is 35.5. The maximum atomic E-state index is 13.7. The molecule has 0 radical (unpaired) electrons. The summed E-state index contributed by atoms with van der Waals surface area (Å²) < 4.78 is 15.7. The molecule has 0 amide bonds. The fourth-order valence-electron chi connectivity index (χ4n) is 2.09. The molecule has 0 fully saturated rings. The van der Waals surface area contributed by atoms with Gasteiger partial charge >= 0.3 is 0 Å². The van der Waals surface area contributed by atoms with Crippen LogP contribution in [0.4, 0.5) is 4.39 Å². The van der Waals surface area contributed by atoms with Gasteiger partial charge in [0.25, 0.3) is 0 Å². The zero-order valence-electron chi connectivity index (χ0n) is 10.0. The number of imidazole rings is 1. The number of aromatic amines is 1. The first-order valence-electron chi connectivity index (χ1n) is 5.71. The third-order valence-corrected chi connectivity index (χ3v) is 3.57. The summed E-state index contributed by atoms with van der Waals surface area (Å²) in [5, 5.41) is 9.23. The van der Waals surface area contributed by atoms with E-state index < -0.39 is 0 Å². The molecule has 2 aromatic carbocycles. The van der Waals surface area contributed by atoms with Crippen LogP contribution in [-0.2, 0) is 0 Å². The summed E-state index contributed by atoms with van der Waals surface area (Å²) in [7, 11) is 0.